The fourth-order valence-electron chi connectivity index (χ4n) is 2.80. The van der Waals surface area contributed by atoms with Crippen LogP contribution in [0, 0.1) is 0 Å². The van der Waals surface area contributed by atoms with Crippen LogP contribution < -0.4 is 10.2 Å². The molecule has 28 heavy (non-hydrogen) atoms. The van der Waals surface area contributed by atoms with Gasteiger partial charge in [0.1, 0.15) is 5.75 Å². The van der Waals surface area contributed by atoms with Crippen molar-refractivity contribution in [2.45, 2.75) is 11.4 Å². The maximum atomic E-state index is 13.4. The first-order chi connectivity index (χ1) is 13.5. The highest BCUT2D eigenvalue weighted by Gasteiger charge is 2.32. The Morgan fingerprint density at radius 2 is 1.86 bits per heavy atom. The predicted octanol–water partition coefficient (Wildman–Crippen LogP) is 1.73. The highest BCUT2D eigenvalue weighted by molar-refractivity contribution is 7.89. The zero-order chi connectivity index (χ0) is 20.1. The van der Waals surface area contributed by atoms with Gasteiger partial charge in [0.05, 0.1) is 36.4 Å². The van der Waals surface area contributed by atoms with Crippen LogP contribution in [0.1, 0.15) is 5.56 Å². The van der Waals surface area contributed by atoms with Crippen LogP contribution in [0.15, 0.2) is 75.8 Å². The molecule has 0 aliphatic carbocycles. The number of sulfonamides is 1. The van der Waals surface area contributed by atoms with Crippen LogP contribution in [-0.2, 0) is 21.4 Å². The first-order valence-corrected chi connectivity index (χ1v) is 9.79. The molecule has 0 radical (unpaired) electrons. The lowest BCUT2D eigenvalue weighted by Crippen LogP contribution is -2.33. The smallest absolute Gasteiger partial charge is 0.278 e. The molecule has 146 valence electrons. The lowest BCUT2D eigenvalue weighted by molar-refractivity contribution is -0.124. The van der Waals surface area contributed by atoms with Crippen molar-refractivity contribution in [1.29, 1.82) is 0 Å². The largest absolute Gasteiger partial charge is 0.497 e. The lowest BCUT2D eigenvalue weighted by Gasteiger charge is -2.26. The van der Waals surface area contributed by atoms with Gasteiger partial charge in [0.15, 0.2) is 0 Å². The number of hydrogen-bond donors (Lipinski definition) is 2. The molecule has 2 N–H and O–H groups in total. The van der Waals surface area contributed by atoms with Crippen LogP contribution >= 0.6 is 0 Å². The summed E-state index contributed by atoms with van der Waals surface area (Å²) in [4.78, 5) is 16.0. The first-order valence-electron chi connectivity index (χ1n) is 8.35. The molecule has 0 bridgehead atoms. The van der Waals surface area contributed by atoms with E-state index in [9.17, 15) is 13.2 Å². The van der Waals surface area contributed by atoms with E-state index in [0.29, 0.717) is 5.75 Å². The molecule has 0 saturated carbocycles. The van der Waals surface area contributed by atoms with Crippen LogP contribution in [0.3, 0.4) is 0 Å². The zero-order valence-corrected chi connectivity index (χ0v) is 15.9. The minimum absolute atomic E-state index is 0.00415. The number of carbonyl (C=O) groups is 1. The molecule has 9 heteroatoms. The standard InChI is InChI=1S/C19H19N3O5S/c1-27-15-7-9-16(10-8-15)28(25,26)22(13-14-5-3-2-4-6-14)18-12-20-11-17(18)19(23)21-24/h2-11,24H,12-13H2,1H3,(H,21,23). The van der Waals surface area contributed by atoms with Gasteiger partial charge in [-0.3, -0.25) is 19.3 Å². The average Bonchev–Trinajstić information content (AvgIpc) is 3.21. The van der Waals surface area contributed by atoms with Crippen LogP contribution in [0.5, 0.6) is 5.75 Å². The van der Waals surface area contributed by atoms with Crippen LogP contribution in [0.2, 0.25) is 0 Å². The molecule has 1 aliphatic rings. The van der Waals surface area contributed by atoms with Crippen LogP contribution in [0.4, 0.5) is 0 Å². The number of hydroxylamine groups is 1. The minimum Gasteiger partial charge on any atom is -0.497 e. The van der Waals surface area contributed by atoms with E-state index in [2.05, 4.69) is 4.99 Å². The van der Waals surface area contributed by atoms with Crippen molar-refractivity contribution in [2.75, 3.05) is 13.7 Å². The van der Waals surface area contributed by atoms with Crippen molar-refractivity contribution in [2.24, 2.45) is 4.99 Å². The molecule has 2 aromatic rings. The van der Waals surface area contributed by atoms with Crippen molar-refractivity contribution in [1.82, 2.24) is 9.79 Å². The Morgan fingerprint density at radius 3 is 2.46 bits per heavy atom. The van der Waals surface area contributed by atoms with Gasteiger partial charge in [0.25, 0.3) is 15.9 Å². The molecular formula is C19H19N3O5S. The molecule has 1 heterocycles. The van der Waals surface area contributed by atoms with E-state index in [4.69, 9.17) is 9.94 Å². The molecule has 1 aliphatic heterocycles. The van der Waals surface area contributed by atoms with Gasteiger partial charge in [0, 0.05) is 6.21 Å². The van der Waals surface area contributed by atoms with E-state index in [1.165, 1.54) is 30.9 Å². The number of rotatable bonds is 7. The molecule has 0 atom stereocenters. The third-order valence-corrected chi connectivity index (χ3v) is 6.03. The van der Waals surface area contributed by atoms with Gasteiger partial charge in [-0.2, -0.15) is 0 Å². The fourth-order valence-corrected chi connectivity index (χ4v) is 4.30. The summed E-state index contributed by atoms with van der Waals surface area (Å²) in [5, 5.41) is 8.98. The summed E-state index contributed by atoms with van der Waals surface area (Å²) in [6.07, 6.45) is 1.25. The Hall–Kier alpha value is -3.17. The maximum Gasteiger partial charge on any atom is 0.278 e. The van der Waals surface area contributed by atoms with Gasteiger partial charge in [-0.25, -0.2) is 13.9 Å². The van der Waals surface area contributed by atoms with Crippen molar-refractivity contribution < 1.29 is 23.2 Å². The van der Waals surface area contributed by atoms with Crippen molar-refractivity contribution in [3.63, 3.8) is 0 Å². The number of methoxy groups -OCH3 is 1. The lowest BCUT2D eigenvalue weighted by atomic mass is 10.2. The van der Waals surface area contributed by atoms with Gasteiger partial charge in [-0.05, 0) is 29.8 Å². The molecule has 0 aromatic heterocycles. The molecule has 3 rings (SSSR count). The molecule has 1 amide bonds. The molecule has 2 aromatic carbocycles. The summed E-state index contributed by atoms with van der Waals surface area (Å²) in [6.45, 7) is 0.0150. The quantitative estimate of drug-likeness (QED) is 0.543. The molecule has 8 nitrogen and oxygen atoms in total. The number of nitrogens with one attached hydrogen (secondary N) is 1. The summed E-state index contributed by atoms with van der Waals surface area (Å²) < 4.78 is 33.0. The minimum atomic E-state index is -4.00. The second kappa shape index (κ2) is 8.24. The van der Waals surface area contributed by atoms with Gasteiger partial charge < -0.3 is 4.74 Å². The Bertz CT molecular complexity index is 1020. The summed E-state index contributed by atoms with van der Waals surface area (Å²) in [5.41, 5.74) is 2.46. The predicted molar refractivity (Wildman–Crippen MR) is 102 cm³/mol. The molecular weight excluding hydrogens is 382 g/mol. The Kier molecular flexibility index (Phi) is 5.76. The third kappa shape index (κ3) is 3.90. The number of carbonyl (C=O) groups excluding carboxylic acids is 1. The van der Waals surface area contributed by atoms with Gasteiger partial charge >= 0.3 is 0 Å². The van der Waals surface area contributed by atoms with E-state index < -0.39 is 15.9 Å². The molecule has 0 spiro atoms. The van der Waals surface area contributed by atoms with Crippen molar-refractivity contribution in [3.05, 3.63) is 71.4 Å². The number of nitrogens with zero attached hydrogens (tertiary/aromatic N) is 2. The summed E-state index contributed by atoms with van der Waals surface area (Å²) in [7, 11) is -2.51. The number of hydrogen-bond acceptors (Lipinski definition) is 6. The number of aliphatic imine (C=N–C) groups is 1. The summed E-state index contributed by atoms with van der Waals surface area (Å²) in [5.74, 6) is -0.295. The molecule has 0 unspecified atom stereocenters. The average molecular weight is 401 g/mol. The van der Waals surface area contributed by atoms with E-state index >= 15 is 0 Å². The van der Waals surface area contributed by atoms with Crippen molar-refractivity contribution >= 4 is 22.1 Å². The van der Waals surface area contributed by atoms with E-state index in [0.717, 1.165) is 9.87 Å². The normalized spacial score (nSPS) is 13.5. The van der Waals surface area contributed by atoms with Gasteiger partial charge in [-0.1, -0.05) is 30.3 Å². The maximum absolute atomic E-state index is 13.4. The first kappa shape index (κ1) is 19.6. The SMILES string of the molecule is COc1ccc(S(=O)(=O)N(Cc2ccccc2)C2=C(C(=O)NO)C=NC2)cc1. The zero-order valence-electron chi connectivity index (χ0n) is 15.1. The number of amides is 1. The fraction of sp³-hybridized carbons (Fsp3) is 0.158. The van der Waals surface area contributed by atoms with Gasteiger partial charge in [0.2, 0.25) is 0 Å². The summed E-state index contributed by atoms with van der Waals surface area (Å²) in [6, 6.07) is 15.0. The van der Waals surface area contributed by atoms with Crippen molar-refractivity contribution in [3.8, 4) is 5.75 Å². The Morgan fingerprint density at radius 1 is 1.18 bits per heavy atom. The number of ether oxygens (including phenoxy) is 1. The van der Waals surface area contributed by atoms with Crippen LogP contribution in [-0.4, -0.2) is 43.7 Å². The van der Waals surface area contributed by atoms with E-state index in [-0.39, 0.29) is 29.3 Å². The second-order valence-electron chi connectivity index (χ2n) is 5.94. The third-order valence-electron chi connectivity index (χ3n) is 4.24. The van der Waals surface area contributed by atoms with E-state index in [1.807, 2.05) is 6.07 Å². The second-order valence-corrected chi connectivity index (χ2v) is 7.81. The number of benzene rings is 2. The molecule has 0 fully saturated rings. The topological polar surface area (TPSA) is 108 Å². The monoisotopic (exact) mass is 401 g/mol. The highest BCUT2D eigenvalue weighted by atomic mass is 32.2. The highest BCUT2D eigenvalue weighted by Crippen LogP contribution is 2.28. The van der Waals surface area contributed by atoms with Gasteiger partial charge in [-0.15, -0.1) is 0 Å². The van der Waals surface area contributed by atoms with Crippen LogP contribution in [0.25, 0.3) is 0 Å². The Balaban J connectivity index is 2.08. The Labute approximate surface area is 162 Å². The van der Waals surface area contributed by atoms with E-state index in [1.54, 1.807) is 36.4 Å². The summed E-state index contributed by atoms with van der Waals surface area (Å²) >= 11 is 0. The molecule has 0 saturated heterocycles.